The summed E-state index contributed by atoms with van der Waals surface area (Å²) < 4.78 is 38.3. The first kappa shape index (κ1) is 18.4. The lowest BCUT2D eigenvalue weighted by Crippen LogP contribution is -2.46. The van der Waals surface area contributed by atoms with E-state index in [2.05, 4.69) is 4.98 Å². The molecular weight excluding hydrogens is 345 g/mol. The quantitative estimate of drug-likeness (QED) is 0.910. The molecule has 1 amide bonds. The van der Waals surface area contributed by atoms with Gasteiger partial charge in [0.05, 0.1) is 17.7 Å². The molecule has 7 heteroatoms. The highest BCUT2D eigenvalue weighted by molar-refractivity contribution is 5.79. The summed E-state index contributed by atoms with van der Waals surface area (Å²) in [5, 5.41) is 10.7. The van der Waals surface area contributed by atoms with Gasteiger partial charge in [0.2, 0.25) is 5.91 Å². The van der Waals surface area contributed by atoms with E-state index >= 15 is 0 Å². The maximum absolute atomic E-state index is 12.8. The van der Waals surface area contributed by atoms with E-state index in [9.17, 15) is 23.1 Å². The van der Waals surface area contributed by atoms with E-state index in [4.69, 9.17) is 0 Å². The first-order chi connectivity index (χ1) is 12.3. The molecule has 0 aliphatic carbocycles. The van der Waals surface area contributed by atoms with Gasteiger partial charge in [-0.25, -0.2) is 0 Å². The number of halogens is 3. The number of benzene rings is 1. The fourth-order valence-corrected chi connectivity index (χ4v) is 3.16. The highest BCUT2D eigenvalue weighted by atomic mass is 19.4. The Hall–Kier alpha value is -2.41. The lowest BCUT2D eigenvalue weighted by molar-refractivity contribution is -0.138. The fourth-order valence-electron chi connectivity index (χ4n) is 3.16. The third-order valence-electron chi connectivity index (χ3n) is 4.69. The van der Waals surface area contributed by atoms with E-state index < -0.39 is 17.3 Å². The van der Waals surface area contributed by atoms with E-state index in [-0.39, 0.29) is 12.3 Å². The van der Waals surface area contributed by atoms with Crippen molar-refractivity contribution in [2.45, 2.75) is 31.0 Å². The van der Waals surface area contributed by atoms with Crippen LogP contribution in [0.3, 0.4) is 0 Å². The number of hydrogen-bond donors (Lipinski definition) is 1. The van der Waals surface area contributed by atoms with Gasteiger partial charge in [0, 0.05) is 19.3 Å². The molecule has 1 aliphatic heterocycles. The number of rotatable bonds is 3. The summed E-state index contributed by atoms with van der Waals surface area (Å²) in [7, 11) is 0. The number of carbonyl (C=O) groups excluding carboxylic acids is 1. The molecule has 0 unspecified atom stereocenters. The monoisotopic (exact) mass is 364 g/mol. The van der Waals surface area contributed by atoms with Gasteiger partial charge < -0.3 is 10.0 Å². The number of likely N-dealkylation sites (tertiary alicyclic amines) is 1. The second kappa shape index (κ2) is 7.07. The van der Waals surface area contributed by atoms with Crippen LogP contribution in [0.2, 0.25) is 0 Å². The zero-order chi connectivity index (χ0) is 18.8. The summed E-state index contributed by atoms with van der Waals surface area (Å²) in [5.41, 5.74) is -0.930. The second-order valence-electron chi connectivity index (χ2n) is 6.50. The van der Waals surface area contributed by atoms with Crippen LogP contribution in [0.5, 0.6) is 0 Å². The predicted octanol–water partition coefficient (Wildman–Crippen LogP) is 3.15. The maximum Gasteiger partial charge on any atom is 0.416 e. The number of aromatic nitrogens is 1. The molecule has 1 aromatic carbocycles. The average Bonchev–Trinajstić information content (AvgIpc) is 2.62. The molecule has 0 radical (unpaired) electrons. The summed E-state index contributed by atoms with van der Waals surface area (Å²) >= 11 is 0. The first-order valence-electron chi connectivity index (χ1n) is 8.36. The molecule has 2 aromatic rings. The predicted molar refractivity (Wildman–Crippen MR) is 89.1 cm³/mol. The van der Waals surface area contributed by atoms with E-state index in [1.807, 2.05) is 0 Å². The zero-order valence-corrected chi connectivity index (χ0v) is 14.0. The topological polar surface area (TPSA) is 53.4 Å². The van der Waals surface area contributed by atoms with Gasteiger partial charge in [-0.05, 0) is 36.6 Å². The molecule has 1 saturated heterocycles. The van der Waals surface area contributed by atoms with Crippen molar-refractivity contribution < 1.29 is 23.1 Å². The molecule has 26 heavy (non-hydrogen) atoms. The Bertz CT molecular complexity index is 770. The van der Waals surface area contributed by atoms with Gasteiger partial charge in [-0.3, -0.25) is 9.78 Å². The van der Waals surface area contributed by atoms with E-state index in [1.54, 1.807) is 29.3 Å². The summed E-state index contributed by atoms with van der Waals surface area (Å²) in [6.07, 6.45) is -2.22. The normalized spacial score (nSPS) is 17.2. The molecule has 1 N–H and O–H groups in total. The van der Waals surface area contributed by atoms with Crippen molar-refractivity contribution in [3.8, 4) is 0 Å². The third-order valence-corrected chi connectivity index (χ3v) is 4.69. The maximum atomic E-state index is 12.8. The van der Waals surface area contributed by atoms with Gasteiger partial charge in [-0.15, -0.1) is 0 Å². The smallest absolute Gasteiger partial charge is 0.383 e. The number of nitrogens with zero attached hydrogens (tertiary/aromatic N) is 2. The molecule has 0 bridgehead atoms. The Balaban J connectivity index is 1.63. The van der Waals surface area contributed by atoms with Crippen LogP contribution in [0.15, 0.2) is 48.7 Å². The summed E-state index contributed by atoms with van der Waals surface area (Å²) in [6, 6.07) is 10.1. The first-order valence-corrected chi connectivity index (χ1v) is 8.36. The Morgan fingerprint density at radius 3 is 2.50 bits per heavy atom. The number of carbonyl (C=O) groups is 1. The van der Waals surface area contributed by atoms with Crippen molar-refractivity contribution in [3.63, 3.8) is 0 Å². The van der Waals surface area contributed by atoms with E-state index in [0.29, 0.717) is 37.2 Å². The third kappa shape index (κ3) is 4.04. The molecule has 138 valence electrons. The van der Waals surface area contributed by atoms with Crippen molar-refractivity contribution in [1.29, 1.82) is 0 Å². The molecule has 0 atom stereocenters. The fraction of sp³-hybridized carbons (Fsp3) is 0.368. The highest BCUT2D eigenvalue weighted by Crippen LogP contribution is 2.32. The number of aliphatic hydroxyl groups is 1. The molecule has 4 nitrogen and oxygen atoms in total. The van der Waals surface area contributed by atoms with Crippen LogP contribution in [0, 0.1) is 0 Å². The lowest BCUT2D eigenvalue weighted by atomic mass is 9.87. The van der Waals surface area contributed by atoms with E-state index in [0.717, 1.165) is 12.1 Å². The molecule has 2 heterocycles. The van der Waals surface area contributed by atoms with Gasteiger partial charge in [0.15, 0.2) is 0 Å². The molecule has 3 rings (SSSR count). The minimum atomic E-state index is -4.43. The molecule has 0 saturated carbocycles. The van der Waals surface area contributed by atoms with Crippen molar-refractivity contribution >= 4 is 5.91 Å². The largest absolute Gasteiger partial charge is 0.416 e. The number of pyridine rings is 1. The van der Waals surface area contributed by atoms with Gasteiger partial charge in [0.1, 0.15) is 5.60 Å². The lowest BCUT2D eigenvalue weighted by Gasteiger charge is -2.37. The molecular formula is C19H19F3N2O2. The number of hydrogen-bond acceptors (Lipinski definition) is 3. The number of amides is 1. The second-order valence-corrected chi connectivity index (χ2v) is 6.50. The average molecular weight is 364 g/mol. The van der Waals surface area contributed by atoms with Crippen molar-refractivity contribution in [2.75, 3.05) is 13.1 Å². The molecule has 1 aromatic heterocycles. The Labute approximate surface area is 149 Å². The summed E-state index contributed by atoms with van der Waals surface area (Å²) in [6.45, 7) is 0.676. The highest BCUT2D eigenvalue weighted by Gasteiger charge is 2.36. The minimum Gasteiger partial charge on any atom is -0.383 e. The van der Waals surface area contributed by atoms with Crippen LogP contribution in [-0.2, 0) is 23.0 Å². The molecule has 1 aliphatic rings. The van der Waals surface area contributed by atoms with Crippen LogP contribution in [0.25, 0.3) is 0 Å². The van der Waals surface area contributed by atoms with Crippen LogP contribution < -0.4 is 0 Å². The number of piperidine rings is 1. The van der Waals surface area contributed by atoms with Crippen LogP contribution in [0.1, 0.15) is 29.7 Å². The Morgan fingerprint density at radius 1 is 1.15 bits per heavy atom. The van der Waals surface area contributed by atoms with Crippen LogP contribution >= 0.6 is 0 Å². The standard InChI is InChI=1S/C19H19F3N2O2/c20-19(21,22)15-5-3-4-14(12-15)13-17(25)24-10-7-18(26,8-11-24)16-6-1-2-9-23-16/h1-6,9,12,26H,7-8,10-11,13H2. The van der Waals surface area contributed by atoms with Gasteiger partial charge >= 0.3 is 6.18 Å². The molecule has 1 fully saturated rings. The summed E-state index contributed by atoms with van der Waals surface area (Å²) in [4.78, 5) is 18.2. The molecule has 0 spiro atoms. The summed E-state index contributed by atoms with van der Waals surface area (Å²) in [5.74, 6) is -0.243. The zero-order valence-electron chi connectivity index (χ0n) is 14.0. The Kier molecular flexibility index (Phi) is 5.00. The SMILES string of the molecule is O=C(Cc1cccc(C(F)(F)F)c1)N1CCC(O)(c2ccccn2)CC1. The van der Waals surface area contributed by atoms with Crippen molar-refractivity contribution in [1.82, 2.24) is 9.88 Å². The van der Waals surface area contributed by atoms with E-state index in [1.165, 1.54) is 12.1 Å². The van der Waals surface area contributed by atoms with Crippen LogP contribution in [-0.4, -0.2) is 34.0 Å². The van der Waals surface area contributed by atoms with Gasteiger partial charge in [-0.1, -0.05) is 24.3 Å². The van der Waals surface area contributed by atoms with Gasteiger partial charge in [0.25, 0.3) is 0 Å². The Morgan fingerprint density at radius 2 is 1.88 bits per heavy atom. The van der Waals surface area contributed by atoms with Crippen molar-refractivity contribution in [3.05, 3.63) is 65.5 Å². The number of alkyl halides is 3. The minimum absolute atomic E-state index is 0.0913. The van der Waals surface area contributed by atoms with Gasteiger partial charge in [-0.2, -0.15) is 13.2 Å². The van der Waals surface area contributed by atoms with Crippen molar-refractivity contribution in [2.24, 2.45) is 0 Å². The van der Waals surface area contributed by atoms with Crippen LogP contribution in [0.4, 0.5) is 13.2 Å².